The van der Waals surface area contributed by atoms with Gasteiger partial charge < -0.3 is 0 Å². The molecule has 1 saturated carbocycles. The highest BCUT2D eigenvalue weighted by atomic mass is 32.3. The largest absolute Gasteiger partial charge is 0.491 e. The second-order valence-electron chi connectivity index (χ2n) is 5.39. The fraction of sp³-hybridized carbons (Fsp3) is 0.462. The minimum atomic E-state index is -6.62. The molecule has 0 saturated heterocycles. The predicted molar refractivity (Wildman–Crippen MR) is 76.1 cm³/mol. The van der Waals surface area contributed by atoms with Crippen molar-refractivity contribution < 1.29 is 47.6 Å². The minimum absolute atomic E-state index is 0.644. The number of halogens is 7. The Labute approximate surface area is 143 Å². The van der Waals surface area contributed by atoms with Crippen molar-refractivity contribution in [3.05, 3.63) is 40.5 Å². The van der Waals surface area contributed by atoms with Crippen LogP contribution in [0.1, 0.15) is 5.56 Å². The van der Waals surface area contributed by atoms with Crippen LogP contribution in [-0.2, 0) is 19.7 Å². The summed E-state index contributed by atoms with van der Waals surface area (Å²) in [6.07, 6.45) is -13.3. The molecule has 2 rings (SSSR count). The summed E-state index contributed by atoms with van der Waals surface area (Å²) in [4.78, 5) is 0. The molecule has 26 heavy (non-hydrogen) atoms. The topological polar surface area (TPSA) is 68.3 Å². The van der Waals surface area contributed by atoms with Crippen LogP contribution in [0, 0.1) is 4.58 Å². The molecular weight excluding hydrogens is 417 g/mol. The van der Waals surface area contributed by atoms with E-state index in [0.29, 0.717) is 12.1 Å². The summed E-state index contributed by atoms with van der Waals surface area (Å²) in [5.74, 6) is 0. The molecule has 0 N–H and O–H groups in total. The Balaban J connectivity index is 2.71. The fourth-order valence-electron chi connectivity index (χ4n) is 2.51. The van der Waals surface area contributed by atoms with Crippen molar-refractivity contribution in [3.63, 3.8) is 0 Å². The molecule has 0 aliphatic heterocycles. The van der Waals surface area contributed by atoms with E-state index in [9.17, 15) is 47.6 Å². The third-order valence-corrected chi connectivity index (χ3v) is 8.39. The molecule has 0 amide bonds. The average Bonchev–Trinajstić information content (AvgIpc) is 2.71. The molecule has 148 valence electrons. The molecule has 0 aromatic heterocycles. The standard InChI is InChI=1S/C13H10F7O4S2/c14-7-8(15)10(17)11(9(7)16)25(21,22)12(6-4-2-1-3-5-6)26(23,24)13(18,19)20/h1-5,7-11H/q-1. The van der Waals surface area contributed by atoms with Gasteiger partial charge in [0.05, 0.1) is 4.58 Å². The molecular formula is C13H10F7O4S2-. The van der Waals surface area contributed by atoms with E-state index >= 15 is 0 Å². The van der Waals surface area contributed by atoms with Crippen LogP contribution >= 0.6 is 0 Å². The lowest BCUT2D eigenvalue weighted by atomic mass is 10.2. The number of hydrogen-bond acceptors (Lipinski definition) is 4. The van der Waals surface area contributed by atoms with Crippen molar-refractivity contribution in [2.45, 2.75) is 35.4 Å². The van der Waals surface area contributed by atoms with Crippen molar-refractivity contribution in [2.75, 3.05) is 0 Å². The van der Waals surface area contributed by atoms with Gasteiger partial charge in [-0.1, -0.05) is 6.07 Å². The smallest absolute Gasteiger partial charge is 0.243 e. The Hall–Kier alpha value is -1.50. The van der Waals surface area contributed by atoms with E-state index in [1.165, 1.54) is 6.07 Å². The normalized spacial score (nSPS) is 30.3. The van der Waals surface area contributed by atoms with Crippen molar-refractivity contribution in [1.29, 1.82) is 0 Å². The van der Waals surface area contributed by atoms with Gasteiger partial charge in [-0.2, -0.15) is 30.9 Å². The molecule has 1 aliphatic rings. The lowest BCUT2D eigenvalue weighted by molar-refractivity contribution is -0.0429. The van der Waals surface area contributed by atoms with Crippen LogP contribution in [0.2, 0.25) is 0 Å². The summed E-state index contributed by atoms with van der Waals surface area (Å²) in [6.45, 7) is 0. The van der Waals surface area contributed by atoms with Crippen LogP contribution < -0.4 is 0 Å². The third kappa shape index (κ3) is 3.15. The SMILES string of the molecule is O=S(=O)([C-](c1ccccc1)S(=O)(=O)C(F)(F)F)C1C(F)C(F)C(F)C1F. The number of hydrogen-bond donors (Lipinski definition) is 0. The molecule has 1 aromatic carbocycles. The molecule has 0 radical (unpaired) electrons. The summed E-state index contributed by atoms with van der Waals surface area (Å²) in [5.41, 5.74) is -7.17. The first-order valence-electron chi connectivity index (χ1n) is 6.78. The average molecular weight is 427 g/mol. The molecule has 0 heterocycles. The highest BCUT2D eigenvalue weighted by molar-refractivity contribution is 8.13. The summed E-state index contributed by atoms with van der Waals surface area (Å²) in [6, 6.07) is 4.44. The van der Waals surface area contributed by atoms with Crippen LogP contribution in [0.25, 0.3) is 0 Å². The van der Waals surface area contributed by atoms with Gasteiger partial charge in [0.15, 0.2) is 34.5 Å². The summed E-state index contributed by atoms with van der Waals surface area (Å²) < 4.78 is 139. The molecule has 1 aromatic rings. The van der Waals surface area contributed by atoms with Gasteiger partial charge in [-0.15, -0.1) is 12.1 Å². The van der Waals surface area contributed by atoms with Crippen molar-refractivity contribution in [2.24, 2.45) is 0 Å². The first-order valence-corrected chi connectivity index (χ1v) is 9.81. The number of sulfone groups is 2. The number of rotatable bonds is 4. The highest BCUT2D eigenvalue weighted by Gasteiger charge is 2.62. The molecule has 4 nitrogen and oxygen atoms in total. The van der Waals surface area contributed by atoms with Gasteiger partial charge in [-0.3, -0.25) is 0 Å². The summed E-state index contributed by atoms with van der Waals surface area (Å²) in [5, 5.41) is -3.28. The molecule has 4 unspecified atom stereocenters. The van der Waals surface area contributed by atoms with E-state index in [1.54, 1.807) is 0 Å². The first kappa shape index (κ1) is 20.8. The lowest BCUT2D eigenvalue weighted by Crippen LogP contribution is -2.44. The van der Waals surface area contributed by atoms with Gasteiger partial charge in [0.2, 0.25) is 9.84 Å². The van der Waals surface area contributed by atoms with E-state index in [4.69, 9.17) is 0 Å². The minimum Gasteiger partial charge on any atom is -0.243 e. The van der Waals surface area contributed by atoms with Crippen molar-refractivity contribution in [3.8, 4) is 0 Å². The molecule has 4 atom stereocenters. The summed E-state index contributed by atoms with van der Waals surface area (Å²) in [7, 11) is -12.6. The first-order chi connectivity index (χ1) is 11.7. The van der Waals surface area contributed by atoms with E-state index in [2.05, 4.69) is 0 Å². The molecule has 0 bridgehead atoms. The second kappa shape index (κ2) is 6.59. The Morgan fingerprint density at radius 2 is 1.19 bits per heavy atom. The lowest BCUT2D eigenvalue weighted by Gasteiger charge is -2.30. The van der Waals surface area contributed by atoms with Gasteiger partial charge in [0.25, 0.3) is 0 Å². The Morgan fingerprint density at radius 1 is 0.769 bits per heavy atom. The monoisotopic (exact) mass is 427 g/mol. The van der Waals surface area contributed by atoms with Crippen LogP contribution in [0.3, 0.4) is 0 Å². The maximum Gasteiger partial charge on any atom is 0.491 e. The second-order valence-corrected chi connectivity index (χ2v) is 9.57. The highest BCUT2D eigenvalue weighted by Crippen LogP contribution is 2.45. The van der Waals surface area contributed by atoms with Gasteiger partial charge in [-0.05, 0) is 0 Å². The Morgan fingerprint density at radius 3 is 1.58 bits per heavy atom. The third-order valence-electron chi connectivity index (χ3n) is 3.72. The predicted octanol–water partition coefficient (Wildman–Crippen LogP) is 2.61. The van der Waals surface area contributed by atoms with Gasteiger partial charge in [0, 0.05) is 0 Å². The molecule has 0 spiro atoms. The number of alkyl halides is 7. The summed E-state index contributed by atoms with van der Waals surface area (Å²) >= 11 is 0. The maximum absolute atomic E-state index is 13.8. The Bertz CT molecular complexity index is 840. The van der Waals surface area contributed by atoms with Crippen molar-refractivity contribution >= 4 is 19.7 Å². The van der Waals surface area contributed by atoms with Gasteiger partial charge in [-0.25, -0.2) is 34.4 Å². The quantitative estimate of drug-likeness (QED) is 0.547. The maximum atomic E-state index is 13.8. The van der Waals surface area contributed by atoms with Crippen LogP contribution in [0.15, 0.2) is 30.3 Å². The molecule has 13 heteroatoms. The zero-order valence-electron chi connectivity index (χ0n) is 12.4. The van der Waals surface area contributed by atoms with Crippen LogP contribution in [-0.4, -0.2) is 52.3 Å². The Kier molecular flexibility index (Phi) is 5.27. The van der Waals surface area contributed by atoms with Crippen LogP contribution in [0.4, 0.5) is 30.7 Å². The zero-order valence-corrected chi connectivity index (χ0v) is 14.0. The molecule has 1 fully saturated rings. The van der Waals surface area contributed by atoms with E-state index in [1.807, 2.05) is 0 Å². The van der Waals surface area contributed by atoms with E-state index < -0.39 is 65.3 Å². The van der Waals surface area contributed by atoms with Gasteiger partial charge >= 0.3 is 5.51 Å². The zero-order chi connectivity index (χ0) is 20.1. The van der Waals surface area contributed by atoms with E-state index in [-0.39, 0.29) is 0 Å². The van der Waals surface area contributed by atoms with Gasteiger partial charge in [0.1, 0.15) is 5.25 Å². The fourth-order valence-corrected chi connectivity index (χ4v) is 6.70. The van der Waals surface area contributed by atoms with Crippen molar-refractivity contribution in [1.82, 2.24) is 0 Å². The molecule has 1 aliphatic carbocycles. The van der Waals surface area contributed by atoms with E-state index in [0.717, 1.165) is 12.1 Å². The van der Waals surface area contributed by atoms with Crippen LogP contribution in [0.5, 0.6) is 0 Å². The number of benzene rings is 1.